The summed E-state index contributed by atoms with van der Waals surface area (Å²) in [6.07, 6.45) is 0. The molecule has 2 aromatic heterocycles. The second-order valence-electron chi connectivity index (χ2n) is 4.98. The molecule has 0 aliphatic rings. The van der Waals surface area contributed by atoms with Crippen LogP contribution >= 0.6 is 22.9 Å². The molecule has 0 bridgehead atoms. The minimum atomic E-state index is -0.310. The maximum atomic E-state index is 13.4. The van der Waals surface area contributed by atoms with Gasteiger partial charge in [0, 0.05) is 10.6 Å². The van der Waals surface area contributed by atoms with Gasteiger partial charge < -0.3 is 4.74 Å². The van der Waals surface area contributed by atoms with Gasteiger partial charge in [0.1, 0.15) is 16.6 Å². The van der Waals surface area contributed by atoms with E-state index in [0.29, 0.717) is 37.7 Å². The van der Waals surface area contributed by atoms with E-state index in [9.17, 15) is 4.39 Å². The van der Waals surface area contributed by atoms with Crippen molar-refractivity contribution in [3.8, 4) is 27.7 Å². The molecule has 0 N–H and O–H groups in total. The van der Waals surface area contributed by atoms with Crippen molar-refractivity contribution in [2.24, 2.45) is 0 Å². The Hall–Kier alpha value is -2.51. The summed E-state index contributed by atoms with van der Waals surface area (Å²) in [4.78, 5) is 0.603. The minimum Gasteiger partial charge on any atom is -0.496 e. The lowest BCUT2D eigenvalue weighted by molar-refractivity contribution is 0.416. The Morgan fingerprint density at radius 3 is 2.83 bits per heavy atom. The van der Waals surface area contributed by atoms with Gasteiger partial charge in [-0.1, -0.05) is 35.1 Å². The Balaban J connectivity index is 1.88. The minimum absolute atomic E-state index is 0.310. The van der Waals surface area contributed by atoms with Gasteiger partial charge in [0.2, 0.25) is 4.96 Å². The van der Waals surface area contributed by atoms with E-state index in [0.717, 1.165) is 0 Å². The maximum absolute atomic E-state index is 13.4. The SMILES string of the molecule is COc1ccc(Cl)cc1-c1nnc2sc(-c3cccc(F)c3)nn12. The summed E-state index contributed by atoms with van der Waals surface area (Å²) in [5, 5.41) is 14.0. The summed E-state index contributed by atoms with van der Waals surface area (Å²) in [5.41, 5.74) is 1.38. The number of hydrogen-bond donors (Lipinski definition) is 0. The van der Waals surface area contributed by atoms with Crippen molar-refractivity contribution in [3.63, 3.8) is 0 Å². The lowest BCUT2D eigenvalue weighted by Gasteiger charge is -2.06. The Kier molecular flexibility index (Phi) is 3.66. The first-order valence-corrected chi connectivity index (χ1v) is 8.17. The summed E-state index contributed by atoms with van der Waals surface area (Å²) in [5.74, 6) is 0.826. The van der Waals surface area contributed by atoms with Crippen LogP contribution in [0.4, 0.5) is 4.39 Å². The predicted octanol–water partition coefficient (Wildman–Crippen LogP) is 4.32. The molecule has 4 rings (SSSR count). The average molecular weight is 361 g/mol. The van der Waals surface area contributed by atoms with Gasteiger partial charge in [-0.05, 0) is 30.3 Å². The summed E-state index contributed by atoms with van der Waals surface area (Å²) in [6.45, 7) is 0. The average Bonchev–Trinajstić information content (AvgIpc) is 3.15. The molecule has 0 aliphatic carbocycles. The number of halogens is 2. The number of hydrogen-bond acceptors (Lipinski definition) is 5. The molecule has 0 amide bonds. The summed E-state index contributed by atoms with van der Waals surface area (Å²) >= 11 is 7.42. The van der Waals surface area contributed by atoms with Gasteiger partial charge >= 0.3 is 0 Å². The highest BCUT2D eigenvalue weighted by atomic mass is 35.5. The van der Waals surface area contributed by atoms with Gasteiger partial charge in [0.05, 0.1) is 12.7 Å². The first-order valence-electron chi connectivity index (χ1n) is 6.98. The number of rotatable bonds is 3. The standard InChI is InChI=1S/C16H10ClFN4OS/c1-23-13-6-5-10(17)8-12(13)14-19-20-16-22(14)21-15(24-16)9-3-2-4-11(18)7-9/h2-8H,1H3. The molecule has 2 heterocycles. The van der Waals surface area contributed by atoms with E-state index < -0.39 is 0 Å². The monoisotopic (exact) mass is 360 g/mol. The van der Waals surface area contributed by atoms with E-state index in [1.54, 1.807) is 42.0 Å². The van der Waals surface area contributed by atoms with E-state index in [2.05, 4.69) is 15.3 Å². The molecular weight excluding hydrogens is 351 g/mol. The van der Waals surface area contributed by atoms with Crippen LogP contribution in [0.5, 0.6) is 5.75 Å². The number of fused-ring (bicyclic) bond motifs is 1. The first kappa shape index (κ1) is 15.0. The lowest BCUT2D eigenvalue weighted by Crippen LogP contribution is -1.94. The van der Waals surface area contributed by atoms with Crippen LogP contribution in [-0.4, -0.2) is 26.9 Å². The van der Waals surface area contributed by atoms with Crippen LogP contribution < -0.4 is 4.74 Å². The van der Waals surface area contributed by atoms with E-state index in [-0.39, 0.29) is 5.82 Å². The molecule has 5 nitrogen and oxygen atoms in total. The van der Waals surface area contributed by atoms with Crippen LogP contribution in [0.25, 0.3) is 26.9 Å². The molecule has 0 saturated carbocycles. The second kappa shape index (κ2) is 5.85. The van der Waals surface area contributed by atoms with Gasteiger partial charge in [-0.15, -0.1) is 10.2 Å². The largest absolute Gasteiger partial charge is 0.496 e. The summed E-state index contributed by atoms with van der Waals surface area (Å²) in [7, 11) is 1.57. The van der Waals surface area contributed by atoms with Crippen molar-refractivity contribution in [2.45, 2.75) is 0 Å². The number of aromatic nitrogens is 4. The zero-order valence-electron chi connectivity index (χ0n) is 12.4. The van der Waals surface area contributed by atoms with Crippen molar-refractivity contribution in [3.05, 3.63) is 53.3 Å². The van der Waals surface area contributed by atoms with Gasteiger partial charge in [-0.2, -0.15) is 9.61 Å². The van der Waals surface area contributed by atoms with E-state index in [1.165, 1.54) is 23.5 Å². The fourth-order valence-electron chi connectivity index (χ4n) is 2.38. The first-order chi connectivity index (χ1) is 11.7. The molecular formula is C16H10ClFN4OS. The van der Waals surface area contributed by atoms with Gasteiger partial charge in [-0.25, -0.2) is 4.39 Å². The van der Waals surface area contributed by atoms with Crippen LogP contribution in [0.1, 0.15) is 0 Å². The van der Waals surface area contributed by atoms with Gasteiger partial charge in [0.15, 0.2) is 5.82 Å². The zero-order chi connectivity index (χ0) is 16.7. The van der Waals surface area contributed by atoms with Crippen LogP contribution in [0.2, 0.25) is 5.02 Å². The van der Waals surface area contributed by atoms with Crippen molar-refractivity contribution in [1.29, 1.82) is 0 Å². The normalized spacial score (nSPS) is 11.1. The van der Waals surface area contributed by atoms with E-state index in [4.69, 9.17) is 16.3 Å². The summed E-state index contributed by atoms with van der Waals surface area (Å²) in [6, 6.07) is 11.5. The molecule has 0 atom stereocenters. The molecule has 0 radical (unpaired) electrons. The smallest absolute Gasteiger partial charge is 0.235 e. The highest BCUT2D eigenvalue weighted by Crippen LogP contribution is 2.33. The van der Waals surface area contributed by atoms with Crippen molar-refractivity contribution < 1.29 is 9.13 Å². The maximum Gasteiger partial charge on any atom is 0.235 e. The zero-order valence-corrected chi connectivity index (χ0v) is 14.0. The van der Waals surface area contributed by atoms with Crippen LogP contribution in [0.15, 0.2) is 42.5 Å². The number of benzene rings is 2. The molecule has 2 aromatic carbocycles. The highest BCUT2D eigenvalue weighted by molar-refractivity contribution is 7.19. The molecule has 0 aliphatic heterocycles. The molecule has 0 saturated heterocycles. The molecule has 24 heavy (non-hydrogen) atoms. The van der Waals surface area contributed by atoms with Crippen LogP contribution in [-0.2, 0) is 0 Å². The topological polar surface area (TPSA) is 52.3 Å². The number of methoxy groups -OCH3 is 1. The molecule has 0 spiro atoms. The third-order valence-electron chi connectivity index (χ3n) is 3.46. The number of nitrogens with zero attached hydrogens (tertiary/aromatic N) is 4. The van der Waals surface area contributed by atoms with Crippen molar-refractivity contribution >= 4 is 27.9 Å². The van der Waals surface area contributed by atoms with Crippen LogP contribution in [0, 0.1) is 5.82 Å². The third-order valence-corrected chi connectivity index (χ3v) is 4.65. The Bertz CT molecular complexity index is 1050. The van der Waals surface area contributed by atoms with E-state index >= 15 is 0 Å². The Morgan fingerprint density at radius 1 is 1.17 bits per heavy atom. The Morgan fingerprint density at radius 2 is 2.04 bits per heavy atom. The third kappa shape index (κ3) is 2.51. The lowest BCUT2D eigenvalue weighted by atomic mass is 10.2. The Labute approximate surface area is 145 Å². The molecule has 0 unspecified atom stereocenters. The molecule has 4 aromatic rings. The predicted molar refractivity (Wildman–Crippen MR) is 91.1 cm³/mol. The fourth-order valence-corrected chi connectivity index (χ4v) is 3.39. The highest BCUT2D eigenvalue weighted by Gasteiger charge is 2.18. The molecule has 0 fully saturated rings. The van der Waals surface area contributed by atoms with Crippen molar-refractivity contribution in [1.82, 2.24) is 19.8 Å². The summed E-state index contributed by atoms with van der Waals surface area (Å²) < 4.78 is 20.4. The molecule has 120 valence electrons. The van der Waals surface area contributed by atoms with Crippen LogP contribution in [0.3, 0.4) is 0 Å². The fraction of sp³-hybridized carbons (Fsp3) is 0.0625. The van der Waals surface area contributed by atoms with Gasteiger partial charge in [0.25, 0.3) is 0 Å². The second-order valence-corrected chi connectivity index (χ2v) is 6.37. The number of ether oxygens (including phenoxy) is 1. The van der Waals surface area contributed by atoms with Crippen molar-refractivity contribution in [2.75, 3.05) is 7.11 Å². The van der Waals surface area contributed by atoms with Gasteiger partial charge in [-0.3, -0.25) is 0 Å². The van der Waals surface area contributed by atoms with E-state index in [1.807, 2.05) is 0 Å². The molecule has 8 heteroatoms. The quantitative estimate of drug-likeness (QED) is 0.546.